The van der Waals surface area contributed by atoms with Gasteiger partial charge in [0.15, 0.2) is 10.9 Å². The summed E-state index contributed by atoms with van der Waals surface area (Å²) in [4.78, 5) is 21.0. The molecule has 0 aliphatic heterocycles. The van der Waals surface area contributed by atoms with Gasteiger partial charge in [0, 0.05) is 12.6 Å². The Bertz CT molecular complexity index is 1020. The molecule has 0 aliphatic rings. The van der Waals surface area contributed by atoms with E-state index in [0.717, 1.165) is 5.56 Å². The molecular formula is C18H16N4O2S. The molecule has 0 aliphatic carbocycles. The van der Waals surface area contributed by atoms with Crippen molar-refractivity contribution in [1.82, 2.24) is 14.5 Å². The summed E-state index contributed by atoms with van der Waals surface area (Å²) in [6, 6.07) is 9.58. The fourth-order valence-corrected chi connectivity index (χ4v) is 2.86. The smallest absolute Gasteiger partial charge is 0.356 e. The summed E-state index contributed by atoms with van der Waals surface area (Å²) in [6.45, 7) is 0. The van der Waals surface area contributed by atoms with E-state index in [2.05, 4.69) is 21.8 Å². The van der Waals surface area contributed by atoms with E-state index in [1.165, 1.54) is 18.9 Å². The number of fused-ring (bicyclic) bond motifs is 1. The Morgan fingerprint density at radius 1 is 1.24 bits per heavy atom. The Morgan fingerprint density at radius 2 is 1.96 bits per heavy atom. The highest BCUT2D eigenvalue weighted by atomic mass is 32.2. The zero-order valence-corrected chi connectivity index (χ0v) is 14.8. The van der Waals surface area contributed by atoms with Gasteiger partial charge in [0.2, 0.25) is 0 Å². The second-order valence-corrected chi connectivity index (χ2v) is 5.96. The minimum atomic E-state index is -0.523. The van der Waals surface area contributed by atoms with Crippen LogP contribution in [-0.4, -0.2) is 33.9 Å². The lowest BCUT2D eigenvalue weighted by atomic mass is 10.2. The maximum Gasteiger partial charge on any atom is 0.356 e. The van der Waals surface area contributed by atoms with Crippen molar-refractivity contribution in [3.05, 3.63) is 47.3 Å². The number of nitrogens with two attached hydrogens (primary N) is 1. The predicted octanol–water partition coefficient (Wildman–Crippen LogP) is 2.46. The summed E-state index contributed by atoms with van der Waals surface area (Å²) in [5.74, 6) is 5.61. The second kappa shape index (κ2) is 6.87. The lowest BCUT2D eigenvalue weighted by molar-refractivity contribution is 0.0591. The zero-order valence-electron chi connectivity index (χ0n) is 14.0. The number of hydrogen-bond donors (Lipinski definition) is 1. The van der Waals surface area contributed by atoms with Crippen molar-refractivity contribution in [3.63, 3.8) is 0 Å². The largest absolute Gasteiger partial charge is 0.464 e. The van der Waals surface area contributed by atoms with E-state index >= 15 is 0 Å². The second-order valence-electron chi connectivity index (χ2n) is 5.19. The first-order chi connectivity index (χ1) is 12.1. The van der Waals surface area contributed by atoms with Crippen LogP contribution in [0.25, 0.3) is 11.0 Å². The van der Waals surface area contributed by atoms with Crippen LogP contribution >= 0.6 is 11.8 Å². The Balaban J connectivity index is 2.28. The number of carbonyl (C=O) groups is 1. The molecule has 0 fully saturated rings. The Hall–Kier alpha value is -2.98. The van der Waals surface area contributed by atoms with Crippen LogP contribution in [0.5, 0.6) is 0 Å². The molecule has 0 saturated heterocycles. The van der Waals surface area contributed by atoms with Crippen LogP contribution in [0, 0.1) is 11.8 Å². The molecular weight excluding hydrogens is 336 g/mol. The maximum absolute atomic E-state index is 12.1. The number of anilines is 1. The number of hydrogen-bond acceptors (Lipinski definition) is 6. The third-order valence-electron chi connectivity index (χ3n) is 3.71. The van der Waals surface area contributed by atoms with E-state index < -0.39 is 5.97 Å². The van der Waals surface area contributed by atoms with Gasteiger partial charge in [-0.2, -0.15) is 0 Å². The molecule has 2 N–H and O–H groups in total. The number of rotatable bonds is 2. The van der Waals surface area contributed by atoms with Crippen LogP contribution in [0.1, 0.15) is 21.7 Å². The molecule has 1 aromatic carbocycles. The van der Waals surface area contributed by atoms with Crippen molar-refractivity contribution in [1.29, 1.82) is 0 Å². The van der Waals surface area contributed by atoms with Gasteiger partial charge in [0.1, 0.15) is 11.3 Å². The summed E-state index contributed by atoms with van der Waals surface area (Å²) in [5.41, 5.74) is 8.62. The quantitative estimate of drug-likeness (QED) is 0.330. The molecule has 3 aromatic rings. The predicted molar refractivity (Wildman–Crippen MR) is 98.5 cm³/mol. The van der Waals surface area contributed by atoms with Gasteiger partial charge >= 0.3 is 5.97 Å². The normalized spacial score (nSPS) is 10.4. The molecule has 0 radical (unpaired) electrons. The minimum absolute atomic E-state index is 0.243. The highest BCUT2D eigenvalue weighted by Gasteiger charge is 2.23. The number of nitrogens with zero attached hydrogens (tertiary/aromatic N) is 3. The third kappa shape index (κ3) is 3.04. The Morgan fingerprint density at radius 3 is 2.60 bits per heavy atom. The maximum atomic E-state index is 12.1. The molecule has 3 rings (SSSR count). The van der Waals surface area contributed by atoms with Gasteiger partial charge in [0.05, 0.1) is 18.2 Å². The molecule has 126 valence electrons. The summed E-state index contributed by atoms with van der Waals surface area (Å²) in [6.07, 6.45) is 1.88. The van der Waals surface area contributed by atoms with E-state index in [-0.39, 0.29) is 11.4 Å². The summed E-state index contributed by atoms with van der Waals surface area (Å²) >= 11 is 1.40. The molecule has 0 bridgehead atoms. The molecule has 2 heterocycles. The molecule has 2 aromatic heterocycles. The average Bonchev–Trinajstić information content (AvgIpc) is 2.90. The first-order valence-corrected chi connectivity index (χ1v) is 8.64. The van der Waals surface area contributed by atoms with Crippen LogP contribution in [-0.2, 0) is 11.8 Å². The lowest BCUT2D eigenvalue weighted by Crippen LogP contribution is -2.10. The number of ether oxygens (including phenoxy) is 1. The fraction of sp³-hybridized carbons (Fsp3) is 0.167. The van der Waals surface area contributed by atoms with Gasteiger partial charge in [0.25, 0.3) is 0 Å². The number of carbonyl (C=O) groups excluding carboxylic acids is 1. The van der Waals surface area contributed by atoms with Gasteiger partial charge < -0.3 is 15.0 Å². The van der Waals surface area contributed by atoms with Crippen molar-refractivity contribution in [3.8, 4) is 11.8 Å². The fourth-order valence-electron chi connectivity index (χ4n) is 2.50. The van der Waals surface area contributed by atoms with Gasteiger partial charge in [-0.1, -0.05) is 35.9 Å². The van der Waals surface area contributed by atoms with Gasteiger partial charge in [-0.25, -0.2) is 14.8 Å². The number of aromatic nitrogens is 3. The number of benzene rings is 1. The van der Waals surface area contributed by atoms with Crippen LogP contribution in [0.4, 0.5) is 5.69 Å². The summed E-state index contributed by atoms with van der Waals surface area (Å²) in [7, 11) is 3.03. The Labute approximate surface area is 149 Å². The zero-order chi connectivity index (χ0) is 18.0. The van der Waals surface area contributed by atoms with Crippen molar-refractivity contribution < 1.29 is 9.53 Å². The molecule has 7 heteroatoms. The Kier molecular flexibility index (Phi) is 4.63. The van der Waals surface area contributed by atoms with Gasteiger partial charge in [-0.15, -0.1) is 0 Å². The SMILES string of the molecule is COC(=O)c1c(N)c2c(C#Cc3ccccc3)nc(SC)nc2n1C. The van der Waals surface area contributed by atoms with Gasteiger partial charge in [-0.3, -0.25) is 0 Å². The van der Waals surface area contributed by atoms with Crippen LogP contribution in [0.2, 0.25) is 0 Å². The van der Waals surface area contributed by atoms with Crippen LogP contribution < -0.4 is 5.73 Å². The molecule has 0 amide bonds. The topological polar surface area (TPSA) is 83.0 Å². The minimum Gasteiger partial charge on any atom is -0.464 e. The van der Waals surface area contributed by atoms with E-state index in [1.54, 1.807) is 11.6 Å². The number of aryl methyl sites for hydroxylation is 1. The first kappa shape index (κ1) is 16.9. The number of methoxy groups -OCH3 is 1. The van der Waals surface area contributed by atoms with Crippen LogP contribution in [0.3, 0.4) is 0 Å². The summed E-state index contributed by atoms with van der Waals surface area (Å²) in [5, 5.41) is 1.12. The molecule has 0 atom stereocenters. The highest BCUT2D eigenvalue weighted by Crippen LogP contribution is 2.30. The first-order valence-electron chi connectivity index (χ1n) is 7.42. The molecule has 6 nitrogen and oxygen atoms in total. The average molecular weight is 352 g/mol. The number of esters is 1. The molecule has 0 saturated carbocycles. The van der Waals surface area contributed by atoms with E-state index in [1.807, 2.05) is 36.6 Å². The van der Waals surface area contributed by atoms with Crippen molar-refractivity contribution in [2.24, 2.45) is 7.05 Å². The molecule has 0 spiro atoms. The van der Waals surface area contributed by atoms with E-state index in [0.29, 0.717) is 21.9 Å². The van der Waals surface area contributed by atoms with Crippen molar-refractivity contribution in [2.75, 3.05) is 19.1 Å². The van der Waals surface area contributed by atoms with Crippen LogP contribution in [0.15, 0.2) is 35.5 Å². The molecule has 25 heavy (non-hydrogen) atoms. The van der Waals surface area contributed by atoms with Crippen molar-refractivity contribution >= 4 is 34.5 Å². The monoisotopic (exact) mass is 352 g/mol. The lowest BCUT2D eigenvalue weighted by Gasteiger charge is -2.02. The number of thioether (sulfide) groups is 1. The van der Waals surface area contributed by atoms with E-state index in [4.69, 9.17) is 10.5 Å². The highest BCUT2D eigenvalue weighted by molar-refractivity contribution is 7.98. The third-order valence-corrected chi connectivity index (χ3v) is 4.26. The van der Waals surface area contributed by atoms with Gasteiger partial charge in [-0.05, 0) is 24.3 Å². The number of nitrogen functional groups attached to an aromatic ring is 1. The molecule has 0 unspecified atom stereocenters. The summed E-state index contributed by atoms with van der Waals surface area (Å²) < 4.78 is 6.44. The van der Waals surface area contributed by atoms with Crippen molar-refractivity contribution in [2.45, 2.75) is 5.16 Å². The van der Waals surface area contributed by atoms with E-state index in [9.17, 15) is 4.79 Å². The standard InChI is InChI=1S/C18H16N4O2S/c1-22-15(17(23)24-2)14(19)13-12(20-18(25-3)21-16(13)22)10-9-11-7-5-4-6-8-11/h4-8H,19H2,1-3H3.